The number of nitrogens with one attached hydrogen (secondary N) is 1. The normalized spacial score (nSPS) is 12.3. The first-order valence-corrected chi connectivity index (χ1v) is 7.96. The molecule has 0 heterocycles. The van der Waals surface area contributed by atoms with E-state index in [0.717, 1.165) is 11.1 Å². The van der Waals surface area contributed by atoms with Gasteiger partial charge in [-0.2, -0.15) is 0 Å². The summed E-state index contributed by atoms with van der Waals surface area (Å²) in [5, 5.41) is 4.26. The zero-order valence-corrected chi connectivity index (χ0v) is 14.4. The van der Waals surface area contributed by atoms with Crippen LogP contribution in [0.25, 0.3) is 0 Å². The second-order valence-electron chi connectivity index (χ2n) is 5.73. The smallest absolute Gasteiger partial charge is 0.232 e. The highest BCUT2D eigenvalue weighted by Crippen LogP contribution is 2.28. The zero-order chi connectivity index (χ0) is 16.3. The predicted octanol–water partition coefficient (Wildman–Crippen LogP) is 5.68. The highest BCUT2D eigenvalue weighted by atomic mass is 35.5. The van der Waals surface area contributed by atoms with Crippen molar-refractivity contribution in [3.63, 3.8) is 0 Å². The molecule has 2 rings (SSSR count). The van der Waals surface area contributed by atoms with Crippen LogP contribution in [0.1, 0.15) is 30.9 Å². The van der Waals surface area contributed by atoms with Crippen molar-refractivity contribution in [2.45, 2.75) is 26.7 Å². The summed E-state index contributed by atoms with van der Waals surface area (Å²) < 4.78 is 0. The molecule has 0 aliphatic heterocycles. The fourth-order valence-electron chi connectivity index (χ4n) is 2.40. The van der Waals surface area contributed by atoms with Crippen molar-refractivity contribution >= 4 is 34.8 Å². The van der Waals surface area contributed by atoms with E-state index < -0.39 is 0 Å². The molecule has 0 aliphatic rings. The molecule has 0 bridgehead atoms. The van der Waals surface area contributed by atoms with Crippen LogP contribution in [0.3, 0.4) is 0 Å². The number of halogens is 2. The number of amides is 1. The van der Waals surface area contributed by atoms with E-state index in [9.17, 15) is 4.79 Å². The average molecular weight is 336 g/mol. The Morgan fingerprint density at radius 2 is 1.68 bits per heavy atom. The predicted molar refractivity (Wildman–Crippen MR) is 93.8 cm³/mol. The van der Waals surface area contributed by atoms with Gasteiger partial charge in [0.25, 0.3) is 0 Å². The van der Waals surface area contributed by atoms with Gasteiger partial charge in [0.1, 0.15) is 0 Å². The van der Waals surface area contributed by atoms with Gasteiger partial charge in [0.2, 0.25) is 5.91 Å². The van der Waals surface area contributed by atoms with E-state index in [0.29, 0.717) is 15.7 Å². The van der Waals surface area contributed by atoms with Crippen molar-refractivity contribution in [1.82, 2.24) is 0 Å². The van der Waals surface area contributed by atoms with E-state index >= 15 is 0 Å². The van der Waals surface area contributed by atoms with Crippen molar-refractivity contribution in [3.8, 4) is 0 Å². The standard InChI is InChI=1S/C18H19Cl2NO/c1-11(2)17(13-5-7-14(19)8-6-13)18(22)21-15-9-4-12(3)16(20)10-15/h4-11,17H,1-3H3,(H,21,22)/t17-/m1/s1. The van der Waals surface area contributed by atoms with Crippen LogP contribution in [0.4, 0.5) is 5.69 Å². The van der Waals surface area contributed by atoms with Gasteiger partial charge >= 0.3 is 0 Å². The quantitative estimate of drug-likeness (QED) is 0.764. The third-order valence-electron chi connectivity index (χ3n) is 3.62. The summed E-state index contributed by atoms with van der Waals surface area (Å²) in [5.41, 5.74) is 2.65. The van der Waals surface area contributed by atoms with Gasteiger partial charge in [-0.05, 0) is 48.2 Å². The summed E-state index contributed by atoms with van der Waals surface area (Å²) in [7, 11) is 0. The molecule has 1 N–H and O–H groups in total. The van der Waals surface area contributed by atoms with E-state index in [-0.39, 0.29) is 17.7 Å². The Hall–Kier alpha value is -1.51. The van der Waals surface area contributed by atoms with Crippen LogP contribution >= 0.6 is 23.2 Å². The molecule has 2 nitrogen and oxygen atoms in total. The fraction of sp³-hybridized carbons (Fsp3) is 0.278. The zero-order valence-electron chi connectivity index (χ0n) is 12.9. The minimum absolute atomic E-state index is 0.0442. The molecule has 22 heavy (non-hydrogen) atoms. The van der Waals surface area contributed by atoms with Gasteiger partial charge in [0.15, 0.2) is 0 Å². The molecule has 1 atom stereocenters. The third-order valence-corrected chi connectivity index (χ3v) is 4.28. The van der Waals surface area contributed by atoms with Crippen LogP contribution in [0, 0.1) is 12.8 Å². The summed E-state index contributed by atoms with van der Waals surface area (Å²) >= 11 is 12.0. The molecule has 4 heteroatoms. The molecule has 0 saturated carbocycles. The highest BCUT2D eigenvalue weighted by molar-refractivity contribution is 6.31. The number of aryl methyl sites for hydroxylation is 1. The van der Waals surface area contributed by atoms with Crippen LogP contribution in [-0.4, -0.2) is 5.91 Å². The summed E-state index contributed by atoms with van der Waals surface area (Å²) in [5.74, 6) is -0.114. The number of benzene rings is 2. The maximum atomic E-state index is 12.6. The molecule has 0 saturated heterocycles. The molecule has 0 aromatic heterocycles. The first-order valence-electron chi connectivity index (χ1n) is 7.21. The van der Waals surface area contributed by atoms with Gasteiger partial charge in [-0.25, -0.2) is 0 Å². The topological polar surface area (TPSA) is 29.1 Å². The fourth-order valence-corrected chi connectivity index (χ4v) is 2.71. The Bertz CT molecular complexity index is 665. The van der Waals surface area contributed by atoms with Gasteiger partial charge in [-0.3, -0.25) is 4.79 Å². The lowest BCUT2D eigenvalue weighted by molar-refractivity contribution is -0.118. The number of carbonyl (C=O) groups is 1. The third kappa shape index (κ3) is 4.02. The van der Waals surface area contributed by atoms with Crippen molar-refractivity contribution in [2.75, 3.05) is 5.32 Å². The number of hydrogen-bond acceptors (Lipinski definition) is 1. The summed E-state index contributed by atoms with van der Waals surface area (Å²) in [6, 6.07) is 12.9. The van der Waals surface area contributed by atoms with Crippen molar-refractivity contribution in [2.24, 2.45) is 5.92 Å². The van der Waals surface area contributed by atoms with Crippen LogP contribution in [0.15, 0.2) is 42.5 Å². The lowest BCUT2D eigenvalue weighted by Gasteiger charge is -2.21. The molecule has 2 aromatic carbocycles. The maximum absolute atomic E-state index is 12.6. The number of carbonyl (C=O) groups excluding carboxylic acids is 1. The molecular formula is C18H19Cl2NO. The molecule has 1 amide bonds. The first-order chi connectivity index (χ1) is 10.4. The van der Waals surface area contributed by atoms with Gasteiger partial charge in [0.05, 0.1) is 5.92 Å². The molecule has 116 valence electrons. The maximum Gasteiger partial charge on any atom is 0.232 e. The van der Waals surface area contributed by atoms with E-state index in [1.807, 2.05) is 57.2 Å². The molecule has 0 aliphatic carbocycles. The van der Waals surface area contributed by atoms with Crippen LogP contribution in [0.2, 0.25) is 10.0 Å². The minimum Gasteiger partial charge on any atom is -0.326 e. The Labute approximate surface area is 141 Å². The second-order valence-corrected chi connectivity index (χ2v) is 6.57. The average Bonchev–Trinajstić information content (AvgIpc) is 2.45. The van der Waals surface area contributed by atoms with Crippen molar-refractivity contribution in [3.05, 3.63) is 63.6 Å². The SMILES string of the molecule is Cc1ccc(NC(=O)[C@@H](c2ccc(Cl)cc2)C(C)C)cc1Cl. The minimum atomic E-state index is -0.239. The Morgan fingerprint density at radius 3 is 2.23 bits per heavy atom. The molecule has 0 radical (unpaired) electrons. The van der Waals surface area contributed by atoms with E-state index in [1.165, 1.54) is 0 Å². The Morgan fingerprint density at radius 1 is 1.05 bits per heavy atom. The number of rotatable bonds is 4. The Balaban J connectivity index is 2.23. The van der Waals surface area contributed by atoms with E-state index in [1.54, 1.807) is 6.07 Å². The molecule has 2 aromatic rings. The largest absolute Gasteiger partial charge is 0.326 e. The van der Waals surface area contributed by atoms with Crippen LogP contribution in [-0.2, 0) is 4.79 Å². The second kappa shape index (κ2) is 7.17. The summed E-state index contributed by atoms with van der Waals surface area (Å²) in [4.78, 5) is 12.6. The van der Waals surface area contributed by atoms with E-state index in [2.05, 4.69) is 5.32 Å². The number of hydrogen-bond donors (Lipinski definition) is 1. The highest BCUT2D eigenvalue weighted by Gasteiger charge is 2.24. The van der Waals surface area contributed by atoms with Crippen LogP contribution < -0.4 is 5.32 Å². The van der Waals surface area contributed by atoms with Gasteiger partial charge in [-0.15, -0.1) is 0 Å². The van der Waals surface area contributed by atoms with Crippen LogP contribution in [0.5, 0.6) is 0 Å². The van der Waals surface area contributed by atoms with Crippen molar-refractivity contribution in [1.29, 1.82) is 0 Å². The molecular weight excluding hydrogens is 317 g/mol. The monoisotopic (exact) mass is 335 g/mol. The summed E-state index contributed by atoms with van der Waals surface area (Å²) in [6.45, 7) is 5.99. The first kappa shape index (κ1) is 16.9. The van der Waals surface area contributed by atoms with Gasteiger partial charge < -0.3 is 5.32 Å². The Kier molecular flexibility index (Phi) is 5.49. The lowest BCUT2D eigenvalue weighted by atomic mass is 9.87. The molecule has 0 spiro atoms. The number of anilines is 1. The van der Waals surface area contributed by atoms with Crippen molar-refractivity contribution < 1.29 is 4.79 Å². The molecule has 0 unspecified atom stereocenters. The van der Waals surface area contributed by atoms with E-state index in [4.69, 9.17) is 23.2 Å². The summed E-state index contributed by atoms with van der Waals surface area (Å²) in [6.07, 6.45) is 0. The lowest BCUT2D eigenvalue weighted by Crippen LogP contribution is -2.25. The van der Waals surface area contributed by atoms with Gasteiger partial charge in [-0.1, -0.05) is 55.2 Å². The molecule has 0 fully saturated rings. The van der Waals surface area contributed by atoms with Gasteiger partial charge in [0, 0.05) is 15.7 Å².